The second-order valence-electron chi connectivity index (χ2n) is 3.76. The van der Waals surface area contributed by atoms with Gasteiger partial charge in [0.2, 0.25) is 0 Å². The Morgan fingerprint density at radius 1 is 1.33 bits per heavy atom. The van der Waals surface area contributed by atoms with Crippen molar-refractivity contribution in [2.45, 2.75) is 26.2 Å². The smallest absolute Gasteiger partial charge is 0.151 e. The van der Waals surface area contributed by atoms with Crippen LogP contribution in [0.3, 0.4) is 0 Å². The molecule has 0 N–H and O–H groups in total. The highest BCUT2D eigenvalue weighted by Gasteiger charge is 2.02. The topological polar surface area (TPSA) is 29.0 Å². The van der Waals surface area contributed by atoms with Crippen molar-refractivity contribution in [3.05, 3.63) is 17.8 Å². The second kappa shape index (κ2) is 6.77. The highest BCUT2D eigenvalue weighted by atomic mass is 79.9. The number of nitrogens with zero attached hydrogens (tertiary/aromatic N) is 3. The van der Waals surface area contributed by atoms with Crippen molar-refractivity contribution in [3.8, 4) is 0 Å². The van der Waals surface area contributed by atoms with Gasteiger partial charge in [-0.05, 0) is 31.4 Å². The van der Waals surface area contributed by atoms with Crippen LogP contribution in [0.2, 0.25) is 0 Å². The number of unbranched alkanes of at least 4 members (excludes halogenated alkanes) is 2. The van der Waals surface area contributed by atoms with E-state index in [1.165, 1.54) is 19.3 Å². The normalized spacial score (nSPS) is 10.3. The number of hydrogen-bond donors (Lipinski definition) is 0. The average molecular weight is 272 g/mol. The van der Waals surface area contributed by atoms with Gasteiger partial charge in [-0.15, -0.1) is 5.10 Å². The zero-order valence-electron chi connectivity index (χ0n) is 9.41. The Kier molecular flexibility index (Phi) is 5.61. The second-order valence-corrected chi connectivity index (χ2v) is 4.56. The molecule has 0 saturated heterocycles. The van der Waals surface area contributed by atoms with Crippen LogP contribution in [0.4, 0.5) is 5.82 Å². The van der Waals surface area contributed by atoms with Gasteiger partial charge in [-0.1, -0.05) is 22.4 Å². The largest absolute Gasteiger partial charge is 0.358 e. The molecule has 0 aromatic carbocycles. The van der Waals surface area contributed by atoms with Crippen molar-refractivity contribution in [1.82, 2.24) is 10.2 Å². The molecule has 0 amide bonds. The molecular weight excluding hydrogens is 254 g/mol. The molecule has 84 valence electrons. The van der Waals surface area contributed by atoms with Crippen molar-refractivity contribution >= 4 is 21.7 Å². The van der Waals surface area contributed by atoms with Crippen LogP contribution >= 0.6 is 15.9 Å². The number of rotatable bonds is 6. The van der Waals surface area contributed by atoms with Gasteiger partial charge in [-0.25, -0.2) is 0 Å². The number of anilines is 1. The van der Waals surface area contributed by atoms with E-state index in [0.717, 1.165) is 23.3 Å². The highest BCUT2D eigenvalue weighted by Crippen LogP contribution is 2.10. The van der Waals surface area contributed by atoms with Crippen LogP contribution in [0.15, 0.2) is 12.3 Å². The Morgan fingerprint density at radius 2 is 2.13 bits per heavy atom. The third kappa shape index (κ3) is 4.60. The van der Waals surface area contributed by atoms with Gasteiger partial charge in [0.1, 0.15) is 0 Å². The minimum Gasteiger partial charge on any atom is -0.358 e. The van der Waals surface area contributed by atoms with E-state index in [-0.39, 0.29) is 0 Å². The Morgan fingerprint density at radius 3 is 2.80 bits per heavy atom. The summed E-state index contributed by atoms with van der Waals surface area (Å²) in [6, 6.07) is 2.07. The van der Waals surface area contributed by atoms with Crippen LogP contribution in [0, 0.1) is 6.92 Å². The van der Waals surface area contributed by atoms with Gasteiger partial charge in [0.05, 0.1) is 6.20 Å². The van der Waals surface area contributed by atoms with Gasteiger partial charge in [0.15, 0.2) is 5.82 Å². The summed E-state index contributed by atoms with van der Waals surface area (Å²) in [6.07, 6.45) is 5.49. The minimum atomic E-state index is 0.967. The SMILES string of the molecule is Cc1cnnc(N(C)CCCCCBr)c1. The average Bonchev–Trinajstić information content (AvgIpc) is 2.24. The van der Waals surface area contributed by atoms with Crippen molar-refractivity contribution in [2.24, 2.45) is 0 Å². The first-order valence-electron chi connectivity index (χ1n) is 5.30. The fourth-order valence-corrected chi connectivity index (χ4v) is 1.77. The Hall–Kier alpha value is -0.640. The first-order valence-corrected chi connectivity index (χ1v) is 6.42. The molecule has 0 aliphatic rings. The summed E-state index contributed by atoms with van der Waals surface area (Å²) >= 11 is 3.44. The van der Waals surface area contributed by atoms with E-state index in [1.807, 2.05) is 6.92 Å². The van der Waals surface area contributed by atoms with E-state index in [2.05, 4.69) is 44.1 Å². The number of hydrogen-bond acceptors (Lipinski definition) is 3. The van der Waals surface area contributed by atoms with E-state index >= 15 is 0 Å². The lowest BCUT2D eigenvalue weighted by Gasteiger charge is -2.17. The van der Waals surface area contributed by atoms with Gasteiger partial charge >= 0.3 is 0 Å². The molecule has 0 radical (unpaired) electrons. The predicted molar refractivity (Wildman–Crippen MR) is 67.7 cm³/mol. The minimum absolute atomic E-state index is 0.967. The third-order valence-electron chi connectivity index (χ3n) is 2.30. The molecule has 0 spiro atoms. The van der Waals surface area contributed by atoms with Crippen molar-refractivity contribution < 1.29 is 0 Å². The zero-order chi connectivity index (χ0) is 11.1. The number of halogens is 1. The van der Waals surface area contributed by atoms with E-state index in [0.29, 0.717) is 0 Å². The molecule has 0 aliphatic heterocycles. The van der Waals surface area contributed by atoms with Gasteiger partial charge in [-0.2, -0.15) is 5.10 Å². The zero-order valence-corrected chi connectivity index (χ0v) is 11.0. The third-order valence-corrected chi connectivity index (χ3v) is 2.86. The summed E-state index contributed by atoms with van der Waals surface area (Å²) in [6.45, 7) is 3.09. The molecule has 3 nitrogen and oxygen atoms in total. The Bertz CT molecular complexity index is 291. The summed E-state index contributed by atoms with van der Waals surface area (Å²) in [5.41, 5.74) is 1.16. The number of alkyl halides is 1. The van der Waals surface area contributed by atoms with Crippen LogP contribution in [0.1, 0.15) is 24.8 Å². The molecule has 1 heterocycles. The summed E-state index contributed by atoms with van der Waals surface area (Å²) < 4.78 is 0. The van der Waals surface area contributed by atoms with Gasteiger partial charge in [-0.3, -0.25) is 0 Å². The fraction of sp³-hybridized carbons (Fsp3) is 0.636. The van der Waals surface area contributed by atoms with E-state index < -0.39 is 0 Å². The highest BCUT2D eigenvalue weighted by molar-refractivity contribution is 9.09. The van der Waals surface area contributed by atoms with E-state index in [9.17, 15) is 0 Å². The maximum Gasteiger partial charge on any atom is 0.151 e. The van der Waals surface area contributed by atoms with Gasteiger partial charge in [0, 0.05) is 18.9 Å². The molecule has 0 atom stereocenters. The van der Waals surface area contributed by atoms with E-state index in [1.54, 1.807) is 6.20 Å². The Balaban J connectivity index is 2.36. The summed E-state index contributed by atoms with van der Waals surface area (Å²) in [5, 5.41) is 9.15. The van der Waals surface area contributed by atoms with E-state index in [4.69, 9.17) is 0 Å². The maximum absolute atomic E-state index is 4.11. The lowest BCUT2D eigenvalue weighted by molar-refractivity contribution is 0.703. The number of aryl methyl sites for hydroxylation is 1. The molecule has 0 unspecified atom stereocenters. The summed E-state index contributed by atoms with van der Waals surface area (Å²) in [5.74, 6) is 0.967. The molecule has 0 bridgehead atoms. The maximum atomic E-state index is 4.11. The Labute approximate surface area is 100 Å². The number of aromatic nitrogens is 2. The lowest BCUT2D eigenvalue weighted by atomic mass is 10.2. The summed E-state index contributed by atoms with van der Waals surface area (Å²) in [7, 11) is 2.07. The van der Waals surface area contributed by atoms with Gasteiger partial charge in [0.25, 0.3) is 0 Å². The standard InChI is InChI=1S/C11H18BrN3/c1-10-8-11(14-13-9-10)15(2)7-5-3-4-6-12/h8-9H,3-7H2,1-2H3. The molecule has 15 heavy (non-hydrogen) atoms. The molecule has 1 rings (SSSR count). The summed E-state index contributed by atoms with van der Waals surface area (Å²) in [4.78, 5) is 2.16. The van der Waals surface area contributed by atoms with Gasteiger partial charge < -0.3 is 4.90 Å². The van der Waals surface area contributed by atoms with Crippen LogP contribution < -0.4 is 4.90 Å². The predicted octanol–water partition coefficient (Wildman–Crippen LogP) is 2.79. The van der Waals surface area contributed by atoms with Crippen molar-refractivity contribution in [3.63, 3.8) is 0 Å². The lowest BCUT2D eigenvalue weighted by Crippen LogP contribution is -2.20. The molecule has 0 aliphatic carbocycles. The fourth-order valence-electron chi connectivity index (χ4n) is 1.37. The monoisotopic (exact) mass is 271 g/mol. The van der Waals surface area contributed by atoms with Crippen LogP contribution in [-0.2, 0) is 0 Å². The molecule has 0 fully saturated rings. The molecule has 1 aromatic rings. The first-order chi connectivity index (χ1) is 7.24. The van der Waals surface area contributed by atoms with Crippen LogP contribution in [0.25, 0.3) is 0 Å². The quantitative estimate of drug-likeness (QED) is 0.589. The molecule has 0 saturated carbocycles. The molecular formula is C11H18BrN3. The van der Waals surface area contributed by atoms with Crippen LogP contribution in [-0.4, -0.2) is 29.1 Å². The molecule has 1 aromatic heterocycles. The molecule has 4 heteroatoms. The van der Waals surface area contributed by atoms with Crippen molar-refractivity contribution in [2.75, 3.05) is 23.8 Å². The first kappa shape index (κ1) is 12.4. The van der Waals surface area contributed by atoms with Crippen LogP contribution in [0.5, 0.6) is 0 Å². The van der Waals surface area contributed by atoms with Crippen molar-refractivity contribution in [1.29, 1.82) is 0 Å².